The fourth-order valence-corrected chi connectivity index (χ4v) is 3.34. The highest BCUT2D eigenvalue weighted by molar-refractivity contribution is 7.86. The molecule has 2 aromatic rings. The van der Waals surface area contributed by atoms with Gasteiger partial charge < -0.3 is 9.47 Å². The number of epoxide rings is 1. The highest BCUT2D eigenvalue weighted by atomic mass is 32.2. The molecule has 0 aliphatic carbocycles. The molecule has 0 saturated carbocycles. The van der Waals surface area contributed by atoms with Crippen LogP contribution in [0.2, 0.25) is 0 Å². The monoisotopic (exact) mass is 348 g/mol. The van der Waals surface area contributed by atoms with Gasteiger partial charge in [0.25, 0.3) is 10.1 Å². The van der Waals surface area contributed by atoms with E-state index in [0.29, 0.717) is 13.2 Å². The zero-order chi connectivity index (χ0) is 17.0. The van der Waals surface area contributed by atoms with Crippen molar-refractivity contribution in [3.05, 3.63) is 65.7 Å². The predicted octanol–water partition coefficient (Wildman–Crippen LogP) is 2.68. The summed E-state index contributed by atoms with van der Waals surface area (Å²) in [6.07, 6.45) is -0.874. The van der Waals surface area contributed by atoms with Crippen LogP contribution in [0.25, 0.3) is 0 Å². The van der Waals surface area contributed by atoms with Crippen LogP contribution < -0.4 is 0 Å². The molecule has 2 aromatic carbocycles. The van der Waals surface area contributed by atoms with Crippen LogP contribution >= 0.6 is 0 Å². The van der Waals surface area contributed by atoms with Crippen LogP contribution in [0.1, 0.15) is 11.1 Å². The summed E-state index contributed by atoms with van der Waals surface area (Å²) in [5.41, 5.74) is 2.01. The van der Waals surface area contributed by atoms with Crippen LogP contribution in [0.4, 0.5) is 0 Å². The van der Waals surface area contributed by atoms with Crippen LogP contribution in [-0.4, -0.2) is 33.8 Å². The van der Waals surface area contributed by atoms with E-state index in [1.54, 1.807) is 24.3 Å². The lowest BCUT2D eigenvalue weighted by atomic mass is 10.2. The molecule has 1 heterocycles. The lowest BCUT2D eigenvalue weighted by molar-refractivity contribution is 0.0310. The highest BCUT2D eigenvalue weighted by Gasteiger charge is 2.37. The van der Waals surface area contributed by atoms with E-state index in [0.717, 1.165) is 11.1 Å². The lowest BCUT2D eigenvalue weighted by Crippen LogP contribution is -2.29. The zero-order valence-electron chi connectivity index (χ0n) is 13.4. The Morgan fingerprint density at radius 2 is 1.79 bits per heavy atom. The van der Waals surface area contributed by atoms with Gasteiger partial charge in [0.15, 0.2) is 0 Å². The third-order valence-corrected chi connectivity index (χ3v) is 5.08. The number of benzene rings is 2. The Balaban J connectivity index is 1.60. The molecule has 128 valence electrons. The zero-order valence-corrected chi connectivity index (χ0v) is 14.2. The second-order valence-corrected chi connectivity index (χ2v) is 7.35. The maximum absolute atomic E-state index is 12.4. The van der Waals surface area contributed by atoms with Crippen LogP contribution in [0.3, 0.4) is 0 Å². The van der Waals surface area contributed by atoms with Gasteiger partial charge in [-0.05, 0) is 24.6 Å². The van der Waals surface area contributed by atoms with Gasteiger partial charge in [0.05, 0.1) is 24.7 Å². The number of ether oxygens (including phenoxy) is 2. The summed E-state index contributed by atoms with van der Waals surface area (Å²) < 4.78 is 40.9. The number of hydrogen-bond donors (Lipinski definition) is 0. The minimum Gasteiger partial charge on any atom is -0.374 e. The topological polar surface area (TPSA) is 65.1 Å². The molecule has 2 atom stereocenters. The third-order valence-electron chi connectivity index (χ3n) is 3.73. The van der Waals surface area contributed by atoms with Crippen molar-refractivity contribution in [1.29, 1.82) is 0 Å². The molecule has 0 radical (unpaired) electrons. The van der Waals surface area contributed by atoms with Gasteiger partial charge in [0.1, 0.15) is 12.2 Å². The van der Waals surface area contributed by atoms with E-state index in [4.69, 9.17) is 13.7 Å². The molecular formula is C18H20O5S. The van der Waals surface area contributed by atoms with E-state index < -0.39 is 16.2 Å². The molecule has 5 nitrogen and oxygen atoms in total. The molecule has 1 aliphatic heterocycles. The van der Waals surface area contributed by atoms with E-state index in [-0.39, 0.29) is 17.6 Å². The van der Waals surface area contributed by atoms with Crippen molar-refractivity contribution in [1.82, 2.24) is 0 Å². The predicted molar refractivity (Wildman–Crippen MR) is 89.1 cm³/mol. The van der Waals surface area contributed by atoms with Crippen LogP contribution in [-0.2, 0) is 30.4 Å². The smallest absolute Gasteiger partial charge is 0.297 e. The second kappa shape index (κ2) is 7.44. The van der Waals surface area contributed by atoms with E-state index in [2.05, 4.69) is 0 Å². The van der Waals surface area contributed by atoms with Crippen molar-refractivity contribution in [2.45, 2.75) is 30.6 Å². The Morgan fingerprint density at radius 1 is 1.12 bits per heavy atom. The first kappa shape index (κ1) is 17.1. The molecule has 24 heavy (non-hydrogen) atoms. The summed E-state index contributed by atoms with van der Waals surface area (Å²) in [7, 11) is -3.84. The molecule has 0 bridgehead atoms. The molecule has 1 saturated heterocycles. The van der Waals surface area contributed by atoms with Crippen molar-refractivity contribution in [2.24, 2.45) is 0 Å². The van der Waals surface area contributed by atoms with Gasteiger partial charge >= 0.3 is 0 Å². The van der Waals surface area contributed by atoms with Gasteiger partial charge in [-0.2, -0.15) is 8.42 Å². The first-order valence-corrected chi connectivity index (χ1v) is 9.19. The first-order valence-electron chi connectivity index (χ1n) is 7.78. The standard InChI is InChI=1S/C18H20O5S/c1-14-7-9-16(10-8-14)24(19,20)23-18(17-13-22-17)12-21-11-15-5-3-2-4-6-15/h2-10,17-18H,11-13H2,1H3/t17-,18-/m1/s1. The molecule has 1 aliphatic rings. The molecular weight excluding hydrogens is 328 g/mol. The highest BCUT2D eigenvalue weighted by Crippen LogP contribution is 2.23. The number of rotatable bonds is 8. The molecule has 0 unspecified atom stereocenters. The summed E-state index contributed by atoms with van der Waals surface area (Å²) in [6.45, 7) is 2.95. The lowest BCUT2D eigenvalue weighted by Gasteiger charge is -2.16. The average Bonchev–Trinajstić information content (AvgIpc) is 3.40. The van der Waals surface area contributed by atoms with E-state index >= 15 is 0 Å². The van der Waals surface area contributed by atoms with Gasteiger partial charge in [0, 0.05) is 0 Å². The van der Waals surface area contributed by atoms with Crippen LogP contribution in [0, 0.1) is 6.92 Å². The Labute approximate surface area is 142 Å². The molecule has 6 heteroatoms. The summed E-state index contributed by atoms with van der Waals surface area (Å²) in [6, 6.07) is 16.3. The Bertz CT molecular complexity index is 752. The van der Waals surface area contributed by atoms with E-state index in [1.165, 1.54) is 0 Å². The molecule has 3 rings (SSSR count). The third kappa shape index (κ3) is 4.64. The van der Waals surface area contributed by atoms with Gasteiger partial charge in [-0.15, -0.1) is 0 Å². The van der Waals surface area contributed by atoms with Crippen molar-refractivity contribution in [3.63, 3.8) is 0 Å². The van der Waals surface area contributed by atoms with Gasteiger partial charge in [-0.25, -0.2) is 0 Å². The SMILES string of the molecule is Cc1ccc(S(=O)(=O)O[C@H](COCc2ccccc2)[C@H]2CO2)cc1. The Morgan fingerprint density at radius 3 is 2.42 bits per heavy atom. The van der Waals surface area contributed by atoms with Crippen LogP contribution in [0.5, 0.6) is 0 Å². The van der Waals surface area contributed by atoms with Gasteiger partial charge in [-0.3, -0.25) is 4.18 Å². The molecule has 1 fully saturated rings. The Hall–Kier alpha value is -1.73. The van der Waals surface area contributed by atoms with E-state index in [9.17, 15) is 8.42 Å². The van der Waals surface area contributed by atoms with Crippen molar-refractivity contribution in [2.75, 3.05) is 13.2 Å². The van der Waals surface area contributed by atoms with Gasteiger partial charge in [0.2, 0.25) is 0 Å². The van der Waals surface area contributed by atoms with Crippen molar-refractivity contribution >= 4 is 10.1 Å². The molecule has 0 spiro atoms. The number of hydrogen-bond acceptors (Lipinski definition) is 5. The van der Waals surface area contributed by atoms with Crippen molar-refractivity contribution in [3.8, 4) is 0 Å². The summed E-state index contributed by atoms with van der Waals surface area (Å²) in [5.74, 6) is 0. The van der Waals surface area contributed by atoms with Gasteiger partial charge in [-0.1, -0.05) is 48.0 Å². The largest absolute Gasteiger partial charge is 0.374 e. The number of aryl methyl sites for hydroxylation is 1. The summed E-state index contributed by atoms with van der Waals surface area (Å²) >= 11 is 0. The second-order valence-electron chi connectivity index (χ2n) is 5.77. The summed E-state index contributed by atoms with van der Waals surface area (Å²) in [4.78, 5) is 0.141. The minimum absolute atomic E-state index is 0.141. The molecule has 0 aromatic heterocycles. The normalized spacial score (nSPS) is 18.3. The minimum atomic E-state index is -3.84. The Kier molecular flexibility index (Phi) is 5.30. The fraction of sp³-hybridized carbons (Fsp3) is 0.333. The maximum Gasteiger partial charge on any atom is 0.297 e. The first-order chi connectivity index (χ1) is 11.5. The maximum atomic E-state index is 12.4. The summed E-state index contributed by atoms with van der Waals surface area (Å²) in [5, 5.41) is 0. The molecule has 0 amide bonds. The van der Waals surface area contributed by atoms with E-state index in [1.807, 2.05) is 37.3 Å². The molecule has 0 N–H and O–H groups in total. The average molecular weight is 348 g/mol. The fourth-order valence-electron chi connectivity index (χ4n) is 2.26. The van der Waals surface area contributed by atoms with Crippen molar-refractivity contribution < 1.29 is 22.1 Å². The van der Waals surface area contributed by atoms with Crippen LogP contribution in [0.15, 0.2) is 59.5 Å². The quantitative estimate of drug-likeness (QED) is 0.542.